The summed E-state index contributed by atoms with van der Waals surface area (Å²) in [5, 5.41) is 3.40. The Hall–Kier alpha value is -0.0400. The highest BCUT2D eigenvalue weighted by Gasteiger charge is 2.10. The van der Waals surface area contributed by atoms with Crippen LogP contribution < -0.4 is 5.32 Å². The lowest BCUT2D eigenvalue weighted by molar-refractivity contribution is 0.348. The Kier molecular flexibility index (Phi) is 7.26. The van der Waals surface area contributed by atoms with Gasteiger partial charge in [-0.25, -0.2) is 0 Å². The highest BCUT2D eigenvalue weighted by atomic mass is 14.9. The molecule has 0 heterocycles. The van der Waals surface area contributed by atoms with Crippen LogP contribution in [0.2, 0.25) is 0 Å². The van der Waals surface area contributed by atoms with Crippen LogP contribution in [0, 0.1) is 5.41 Å². The van der Waals surface area contributed by atoms with E-state index in [2.05, 4.69) is 40.1 Å². The van der Waals surface area contributed by atoms with Crippen molar-refractivity contribution in [1.82, 2.24) is 5.32 Å². The summed E-state index contributed by atoms with van der Waals surface area (Å²) in [6, 6.07) is 0.750. The molecule has 1 heteroatoms. The van der Waals surface area contributed by atoms with E-state index < -0.39 is 0 Å². The van der Waals surface area contributed by atoms with Crippen molar-refractivity contribution in [3.63, 3.8) is 0 Å². The van der Waals surface area contributed by atoms with Crippen molar-refractivity contribution in [3.8, 4) is 0 Å². The highest BCUT2D eigenvalue weighted by Crippen LogP contribution is 2.22. The Morgan fingerprint density at radius 2 is 1.71 bits per heavy atom. The van der Waals surface area contributed by atoms with Crippen LogP contribution in [0.15, 0.2) is 0 Å². The van der Waals surface area contributed by atoms with E-state index in [4.69, 9.17) is 0 Å². The molecule has 1 nitrogen and oxygen atoms in total. The molecule has 0 aromatic rings. The summed E-state index contributed by atoms with van der Waals surface area (Å²) in [7, 11) is 2.09. The Morgan fingerprint density at radius 3 is 2.14 bits per heavy atom. The first-order chi connectivity index (χ1) is 6.49. The van der Waals surface area contributed by atoms with E-state index in [1.807, 2.05) is 0 Å². The first-order valence-electron chi connectivity index (χ1n) is 6.17. The molecule has 0 amide bonds. The molecule has 1 atom stereocenters. The van der Waals surface area contributed by atoms with Crippen LogP contribution in [-0.4, -0.2) is 13.1 Å². The van der Waals surface area contributed by atoms with Gasteiger partial charge in [-0.3, -0.25) is 0 Å². The molecule has 0 rings (SSSR count). The van der Waals surface area contributed by atoms with E-state index in [1.165, 1.54) is 38.5 Å². The summed E-state index contributed by atoms with van der Waals surface area (Å²) < 4.78 is 0. The van der Waals surface area contributed by atoms with Crippen LogP contribution in [0.4, 0.5) is 0 Å². The second-order valence-electron chi connectivity index (χ2n) is 5.58. The molecule has 86 valence electrons. The van der Waals surface area contributed by atoms with E-state index in [-0.39, 0.29) is 0 Å². The Labute approximate surface area is 90.7 Å². The van der Waals surface area contributed by atoms with Crippen molar-refractivity contribution in [1.29, 1.82) is 0 Å². The first-order valence-corrected chi connectivity index (χ1v) is 6.17. The van der Waals surface area contributed by atoms with Crippen LogP contribution in [0.25, 0.3) is 0 Å². The van der Waals surface area contributed by atoms with Crippen LogP contribution in [-0.2, 0) is 0 Å². The van der Waals surface area contributed by atoms with Crippen molar-refractivity contribution < 1.29 is 0 Å². The summed E-state index contributed by atoms with van der Waals surface area (Å²) in [6.07, 6.45) is 8.08. The Morgan fingerprint density at radius 1 is 1.07 bits per heavy atom. The highest BCUT2D eigenvalue weighted by molar-refractivity contribution is 4.66. The Bertz CT molecular complexity index is 124. The predicted octanol–water partition coefficient (Wildman–Crippen LogP) is 3.98. The summed E-state index contributed by atoms with van der Waals surface area (Å²) >= 11 is 0. The largest absolute Gasteiger partial charge is 0.317 e. The van der Waals surface area contributed by atoms with E-state index in [9.17, 15) is 0 Å². The minimum Gasteiger partial charge on any atom is -0.317 e. The zero-order valence-electron chi connectivity index (χ0n) is 10.8. The van der Waals surface area contributed by atoms with Gasteiger partial charge in [-0.05, 0) is 31.7 Å². The molecule has 1 N–H and O–H groups in total. The Balaban J connectivity index is 3.42. The standard InChI is InChI=1S/C13H29N/c1-6-9-12(14-5)10-7-8-11-13(2,3)4/h12,14H,6-11H2,1-5H3. The molecule has 0 radical (unpaired) electrons. The smallest absolute Gasteiger partial charge is 0.00639 e. The summed E-state index contributed by atoms with van der Waals surface area (Å²) in [6.45, 7) is 9.25. The van der Waals surface area contributed by atoms with Gasteiger partial charge >= 0.3 is 0 Å². The second kappa shape index (κ2) is 7.28. The molecule has 0 aliphatic carbocycles. The molecular formula is C13H29N. The van der Waals surface area contributed by atoms with E-state index in [0.29, 0.717) is 5.41 Å². The third-order valence-corrected chi connectivity index (χ3v) is 2.77. The molecule has 0 bridgehead atoms. The average molecular weight is 199 g/mol. The van der Waals surface area contributed by atoms with E-state index >= 15 is 0 Å². The number of hydrogen-bond donors (Lipinski definition) is 1. The lowest BCUT2D eigenvalue weighted by Gasteiger charge is -2.19. The van der Waals surface area contributed by atoms with E-state index in [0.717, 1.165) is 6.04 Å². The number of hydrogen-bond acceptors (Lipinski definition) is 1. The second-order valence-corrected chi connectivity index (χ2v) is 5.58. The molecule has 0 saturated heterocycles. The van der Waals surface area contributed by atoms with Crippen molar-refractivity contribution in [2.24, 2.45) is 5.41 Å². The molecule has 0 aliphatic rings. The van der Waals surface area contributed by atoms with E-state index in [1.54, 1.807) is 0 Å². The minimum absolute atomic E-state index is 0.514. The fourth-order valence-electron chi connectivity index (χ4n) is 1.83. The van der Waals surface area contributed by atoms with Gasteiger partial charge in [0.2, 0.25) is 0 Å². The lowest BCUT2D eigenvalue weighted by Crippen LogP contribution is -2.24. The number of nitrogens with one attached hydrogen (secondary N) is 1. The van der Waals surface area contributed by atoms with Gasteiger partial charge in [0.15, 0.2) is 0 Å². The monoisotopic (exact) mass is 199 g/mol. The zero-order chi connectivity index (χ0) is 11.0. The summed E-state index contributed by atoms with van der Waals surface area (Å²) in [5.74, 6) is 0. The van der Waals surface area contributed by atoms with Gasteiger partial charge in [0.05, 0.1) is 0 Å². The van der Waals surface area contributed by atoms with Crippen LogP contribution in [0.3, 0.4) is 0 Å². The third kappa shape index (κ3) is 8.55. The van der Waals surface area contributed by atoms with Gasteiger partial charge in [0.25, 0.3) is 0 Å². The quantitative estimate of drug-likeness (QED) is 0.612. The maximum atomic E-state index is 3.40. The maximum Gasteiger partial charge on any atom is 0.00639 e. The molecule has 0 aromatic carbocycles. The molecule has 0 saturated carbocycles. The molecule has 0 aliphatic heterocycles. The number of rotatable bonds is 7. The summed E-state index contributed by atoms with van der Waals surface area (Å²) in [5.41, 5.74) is 0.514. The SMILES string of the molecule is CCCC(CCCCC(C)(C)C)NC. The van der Waals surface area contributed by atoms with Crippen molar-refractivity contribution in [3.05, 3.63) is 0 Å². The normalized spacial score (nSPS) is 14.4. The molecule has 0 fully saturated rings. The van der Waals surface area contributed by atoms with Gasteiger partial charge < -0.3 is 5.32 Å². The van der Waals surface area contributed by atoms with Crippen LogP contribution in [0.5, 0.6) is 0 Å². The molecule has 0 aromatic heterocycles. The molecule has 0 spiro atoms. The van der Waals surface area contributed by atoms with Crippen molar-refractivity contribution in [2.45, 2.75) is 72.3 Å². The van der Waals surface area contributed by atoms with Crippen molar-refractivity contribution in [2.75, 3.05) is 7.05 Å². The topological polar surface area (TPSA) is 12.0 Å². The predicted molar refractivity (Wildman–Crippen MR) is 65.7 cm³/mol. The van der Waals surface area contributed by atoms with Gasteiger partial charge in [-0.1, -0.05) is 47.0 Å². The van der Waals surface area contributed by atoms with Gasteiger partial charge in [0.1, 0.15) is 0 Å². The maximum absolute atomic E-state index is 3.40. The first kappa shape index (κ1) is 14.0. The van der Waals surface area contributed by atoms with Crippen LogP contribution in [0.1, 0.15) is 66.2 Å². The van der Waals surface area contributed by atoms with Crippen molar-refractivity contribution >= 4 is 0 Å². The zero-order valence-corrected chi connectivity index (χ0v) is 10.8. The summed E-state index contributed by atoms with van der Waals surface area (Å²) in [4.78, 5) is 0. The number of unbranched alkanes of at least 4 members (excludes halogenated alkanes) is 1. The fourth-order valence-corrected chi connectivity index (χ4v) is 1.83. The fraction of sp³-hybridized carbons (Fsp3) is 1.00. The average Bonchev–Trinajstić information content (AvgIpc) is 2.08. The lowest BCUT2D eigenvalue weighted by atomic mass is 9.89. The van der Waals surface area contributed by atoms with Gasteiger partial charge in [-0.15, -0.1) is 0 Å². The third-order valence-electron chi connectivity index (χ3n) is 2.77. The minimum atomic E-state index is 0.514. The van der Waals surface area contributed by atoms with Gasteiger partial charge in [-0.2, -0.15) is 0 Å². The molecular weight excluding hydrogens is 170 g/mol. The van der Waals surface area contributed by atoms with Crippen LogP contribution >= 0.6 is 0 Å². The van der Waals surface area contributed by atoms with Gasteiger partial charge in [0, 0.05) is 6.04 Å². The molecule has 1 unspecified atom stereocenters. The molecule has 14 heavy (non-hydrogen) atoms.